The number of piperazine rings is 1. The number of carbonyl (C=O) groups is 1. The van der Waals surface area contributed by atoms with Crippen LogP contribution >= 0.6 is 0 Å². The second-order valence-corrected chi connectivity index (χ2v) is 9.43. The molecule has 1 aliphatic heterocycles. The predicted octanol–water partition coefficient (Wildman–Crippen LogP) is 0.961. The molecule has 2 unspecified atom stereocenters. The lowest BCUT2D eigenvalue weighted by Crippen LogP contribution is -2.59. The summed E-state index contributed by atoms with van der Waals surface area (Å²) in [5.74, 6) is 4.76. The van der Waals surface area contributed by atoms with Crippen LogP contribution in [-0.2, 0) is 16.8 Å². The molecular formula is C20H28N6O3S. The summed E-state index contributed by atoms with van der Waals surface area (Å²) in [5.41, 5.74) is 3.71. The van der Waals surface area contributed by atoms with E-state index in [0.717, 1.165) is 5.56 Å². The largest absolute Gasteiger partial charge is 0.304 e. The maximum absolute atomic E-state index is 13.6. The van der Waals surface area contributed by atoms with Gasteiger partial charge in [-0.1, -0.05) is 12.1 Å². The van der Waals surface area contributed by atoms with Gasteiger partial charge in [-0.3, -0.25) is 24.4 Å². The van der Waals surface area contributed by atoms with Crippen molar-refractivity contribution in [2.75, 3.05) is 24.4 Å². The zero-order valence-corrected chi connectivity index (χ0v) is 18.2. The molecule has 1 aromatic carbocycles. The monoisotopic (exact) mass is 432 g/mol. The Morgan fingerprint density at radius 2 is 1.83 bits per heavy atom. The number of amides is 1. The fourth-order valence-electron chi connectivity index (χ4n) is 3.50. The molecule has 1 aromatic heterocycles. The molecule has 0 radical (unpaired) electrons. The fourth-order valence-corrected chi connectivity index (χ4v) is 5.28. The number of anilines is 1. The Morgan fingerprint density at radius 1 is 1.20 bits per heavy atom. The highest BCUT2D eigenvalue weighted by atomic mass is 32.2. The van der Waals surface area contributed by atoms with E-state index in [4.69, 9.17) is 5.84 Å². The first-order valence-electron chi connectivity index (χ1n) is 9.73. The number of nitrogen functional groups attached to an aromatic ring is 1. The van der Waals surface area contributed by atoms with Gasteiger partial charge in [-0.15, -0.1) is 0 Å². The van der Waals surface area contributed by atoms with Crippen molar-refractivity contribution in [2.24, 2.45) is 5.84 Å². The van der Waals surface area contributed by atoms with Gasteiger partial charge in [0.05, 0.1) is 18.4 Å². The minimum absolute atomic E-state index is 0.105. The number of benzene rings is 1. The van der Waals surface area contributed by atoms with Crippen molar-refractivity contribution >= 4 is 21.8 Å². The van der Waals surface area contributed by atoms with Crippen LogP contribution in [0.25, 0.3) is 0 Å². The first-order chi connectivity index (χ1) is 14.2. The summed E-state index contributed by atoms with van der Waals surface area (Å²) in [4.78, 5) is 17.9. The van der Waals surface area contributed by atoms with Gasteiger partial charge in [0.2, 0.25) is 0 Å². The second-order valence-electron chi connectivity index (χ2n) is 7.58. The summed E-state index contributed by atoms with van der Waals surface area (Å²) in [5, 5.41) is 0. The molecule has 3 rings (SSSR count). The topological polar surface area (TPSA) is 112 Å². The minimum Gasteiger partial charge on any atom is -0.298 e. The van der Waals surface area contributed by atoms with Crippen LogP contribution in [0.1, 0.15) is 29.8 Å². The van der Waals surface area contributed by atoms with Gasteiger partial charge in [0.1, 0.15) is 0 Å². The summed E-state index contributed by atoms with van der Waals surface area (Å²) in [7, 11) is -1.78. The molecule has 1 aliphatic rings. The number of hydrogen-bond donors (Lipinski definition) is 2. The molecular weight excluding hydrogens is 404 g/mol. The number of rotatable bonds is 6. The standard InChI is InChI=1S/C20H28N6O3S/c1-15-12-25(13-16(2)24(15)3)30(28,29)26(19-5-4-10-22-11-19)14-17-6-8-18(9-7-17)20(27)23-21/h4-11,15-16H,12-14,21H2,1-3H3,(H,23,27). The highest BCUT2D eigenvalue weighted by Crippen LogP contribution is 2.25. The van der Waals surface area contributed by atoms with Gasteiger partial charge in [-0.05, 0) is 50.7 Å². The van der Waals surface area contributed by atoms with E-state index in [2.05, 4.69) is 15.3 Å². The highest BCUT2D eigenvalue weighted by molar-refractivity contribution is 7.90. The SMILES string of the molecule is CC1CN(S(=O)(=O)N(Cc2ccc(C(=O)NN)cc2)c2cccnc2)CC(C)N1C. The summed E-state index contributed by atoms with van der Waals surface area (Å²) in [6, 6.07) is 10.3. The van der Waals surface area contributed by atoms with Crippen molar-refractivity contribution in [3.63, 3.8) is 0 Å². The molecule has 9 nitrogen and oxygen atoms in total. The highest BCUT2D eigenvalue weighted by Gasteiger charge is 2.37. The van der Waals surface area contributed by atoms with Crippen LogP contribution in [0.4, 0.5) is 5.69 Å². The van der Waals surface area contributed by atoms with E-state index in [1.165, 1.54) is 14.8 Å². The van der Waals surface area contributed by atoms with Gasteiger partial charge in [0.25, 0.3) is 5.91 Å². The molecule has 2 atom stereocenters. The molecule has 10 heteroatoms. The number of nitrogens with two attached hydrogens (primary N) is 1. The van der Waals surface area contributed by atoms with Crippen molar-refractivity contribution in [3.05, 3.63) is 59.9 Å². The van der Waals surface area contributed by atoms with Crippen molar-refractivity contribution in [1.82, 2.24) is 19.6 Å². The molecule has 2 heterocycles. The number of hydrazine groups is 1. The van der Waals surface area contributed by atoms with Crippen molar-refractivity contribution in [3.8, 4) is 0 Å². The van der Waals surface area contributed by atoms with Gasteiger partial charge in [-0.25, -0.2) is 5.84 Å². The zero-order chi connectivity index (χ0) is 21.9. The fraction of sp³-hybridized carbons (Fsp3) is 0.400. The molecule has 0 aliphatic carbocycles. The van der Waals surface area contributed by atoms with E-state index < -0.39 is 16.1 Å². The molecule has 3 N–H and O–H groups in total. The average Bonchev–Trinajstić information content (AvgIpc) is 2.75. The van der Waals surface area contributed by atoms with Crippen LogP contribution in [-0.4, -0.2) is 60.7 Å². The Bertz CT molecular complexity index is 956. The van der Waals surface area contributed by atoms with Crippen LogP contribution < -0.4 is 15.6 Å². The third-order valence-electron chi connectivity index (χ3n) is 5.54. The van der Waals surface area contributed by atoms with Gasteiger partial charge in [0, 0.05) is 36.9 Å². The Balaban J connectivity index is 1.92. The third kappa shape index (κ3) is 4.62. The van der Waals surface area contributed by atoms with Gasteiger partial charge >= 0.3 is 10.2 Å². The van der Waals surface area contributed by atoms with Crippen molar-refractivity contribution in [1.29, 1.82) is 0 Å². The number of nitrogens with one attached hydrogen (secondary N) is 1. The molecule has 0 spiro atoms. The first kappa shape index (κ1) is 22.2. The lowest BCUT2D eigenvalue weighted by Gasteiger charge is -2.43. The molecule has 162 valence electrons. The number of likely N-dealkylation sites (N-methyl/N-ethyl adjacent to an activating group) is 1. The van der Waals surface area contributed by atoms with E-state index in [1.807, 2.05) is 20.9 Å². The van der Waals surface area contributed by atoms with Gasteiger partial charge in [-0.2, -0.15) is 12.7 Å². The van der Waals surface area contributed by atoms with Gasteiger partial charge < -0.3 is 0 Å². The molecule has 1 amide bonds. The number of carbonyl (C=O) groups excluding carboxylic acids is 1. The van der Waals surface area contributed by atoms with Crippen LogP contribution in [0, 0.1) is 0 Å². The van der Waals surface area contributed by atoms with E-state index in [0.29, 0.717) is 24.3 Å². The number of pyridine rings is 1. The van der Waals surface area contributed by atoms with Crippen LogP contribution in [0.5, 0.6) is 0 Å². The Labute approximate surface area is 177 Å². The number of hydrogen-bond acceptors (Lipinski definition) is 6. The average molecular weight is 433 g/mol. The number of aromatic nitrogens is 1. The summed E-state index contributed by atoms with van der Waals surface area (Å²) in [6.07, 6.45) is 3.14. The summed E-state index contributed by atoms with van der Waals surface area (Å²) in [6.45, 7) is 4.99. The summed E-state index contributed by atoms with van der Waals surface area (Å²) >= 11 is 0. The van der Waals surface area contributed by atoms with Crippen molar-refractivity contribution in [2.45, 2.75) is 32.5 Å². The smallest absolute Gasteiger partial charge is 0.298 e. The Morgan fingerprint density at radius 3 is 2.37 bits per heavy atom. The van der Waals surface area contributed by atoms with E-state index in [-0.39, 0.29) is 18.6 Å². The van der Waals surface area contributed by atoms with E-state index in [1.54, 1.807) is 42.6 Å². The summed E-state index contributed by atoms with van der Waals surface area (Å²) < 4.78 is 30.2. The van der Waals surface area contributed by atoms with Crippen LogP contribution in [0.2, 0.25) is 0 Å². The number of nitrogens with zero attached hydrogens (tertiary/aromatic N) is 4. The maximum atomic E-state index is 13.6. The third-order valence-corrected chi connectivity index (χ3v) is 7.39. The molecule has 2 aromatic rings. The molecule has 0 bridgehead atoms. The minimum atomic E-state index is -3.80. The zero-order valence-electron chi connectivity index (χ0n) is 17.4. The Hall–Kier alpha value is -2.53. The van der Waals surface area contributed by atoms with E-state index in [9.17, 15) is 13.2 Å². The second kappa shape index (κ2) is 9.09. The quantitative estimate of drug-likeness (QED) is 0.400. The molecule has 1 fully saturated rings. The molecule has 0 saturated carbocycles. The molecule has 1 saturated heterocycles. The van der Waals surface area contributed by atoms with E-state index >= 15 is 0 Å². The van der Waals surface area contributed by atoms with Crippen LogP contribution in [0.3, 0.4) is 0 Å². The maximum Gasteiger partial charge on any atom is 0.304 e. The normalized spacial score (nSPS) is 20.7. The molecule has 30 heavy (non-hydrogen) atoms. The van der Waals surface area contributed by atoms with Gasteiger partial charge in [0.15, 0.2) is 0 Å². The predicted molar refractivity (Wildman–Crippen MR) is 116 cm³/mol. The first-order valence-corrected chi connectivity index (χ1v) is 11.1. The Kier molecular flexibility index (Phi) is 6.71. The lowest BCUT2D eigenvalue weighted by molar-refractivity contribution is 0.0953. The van der Waals surface area contributed by atoms with Crippen LogP contribution in [0.15, 0.2) is 48.8 Å². The lowest BCUT2D eigenvalue weighted by atomic mass is 10.1. The van der Waals surface area contributed by atoms with Crippen molar-refractivity contribution < 1.29 is 13.2 Å².